The molecule has 0 aliphatic rings. The molecule has 0 unspecified atom stereocenters. The Morgan fingerprint density at radius 1 is 0.737 bits per heavy atom. The van der Waals surface area contributed by atoms with E-state index in [2.05, 4.69) is 12.1 Å². The Bertz CT molecular complexity index is 878. The minimum absolute atomic E-state index is 0.396. The summed E-state index contributed by atoms with van der Waals surface area (Å²) in [6.07, 6.45) is 0. The van der Waals surface area contributed by atoms with E-state index < -0.39 is 5.97 Å². The summed E-state index contributed by atoms with van der Waals surface area (Å²) in [6, 6.07) is 17.8. The average molecular weight is 246 g/mol. The van der Waals surface area contributed by atoms with Gasteiger partial charge in [0.15, 0.2) is 0 Å². The SMILES string of the molecule is O=C(O)c1cc2c3ccccc3c1c1ccccc21. The minimum atomic E-state index is -0.864. The Labute approximate surface area is 109 Å². The molecule has 0 heterocycles. The lowest BCUT2D eigenvalue weighted by molar-refractivity contribution is 0.0699. The van der Waals surface area contributed by atoms with Crippen molar-refractivity contribution in [3.05, 3.63) is 60.2 Å². The number of fused-ring (bicyclic) bond motifs is 1. The molecule has 90 valence electrons. The van der Waals surface area contributed by atoms with E-state index in [0.29, 0.717) is 5.56 Å². The van der Waals surface area contributed by atoms with Crippen molar-refractivity contribution in [1.82, 2.24) is 0 Å². The van der Waals surface area contributed by atoms with E-state index >= 15 is 0 Å². The third kappa shape index (κ3) is 1.23. The van der Waals surface area contributed by atoms with Crippen molar-refractivity contribution in [2.75, 3.05) is 0 Å². The lowest BCUT2D eigenvalue weighted by Gasteiger charge is -2.15. The van der Waals surface area contributed by atoms with Crippen LogP contribution in [0.3, 0.4) is 0 Å². The van der Waals surface area contributed by atoms with Crippen molar-refractivity contribution in [3.63, 3.8) is 0 Å². The van der Waals surface area contributed by atoms with Crippen LogP contribution in [0.2, 0.25) is 0 Å². The maximum Gasteiger partial charge on any atom is 0.336 e. The molecule has 2 heteroatoms. The second kappa shape index (κ2) is 3.45. The molecule has 0 saturated heterocycles. The molecule has 5 aromatic carbocycles. The maximum atomic E-state index is 11.5. The highest BCUT2D eigenvalue weighted by atomic mass is 16.4. The molecule has 0 aliphatic carbocycles. The first-order valence-corrected chi connectivity index (χ1v) is 6.16. The summed E-state index contributed by atoms with van der Waals surface area (Å²) >= 11 is 0. The van der Waals surface area contributed by atoms with Crippen LogP contribution in [0, 0.1) is 0 Å². The molecule has 0 atom stereocenters. The summed E-state index contributed by atoms with van der Waals surface area (Å²) < 4.78 is 0. The summed E-state index contributed by atoms with van der Waals surface area (Å²) in [4.78, 5) is 11.5. The number of hydrogen-bond acceptors (Lipinski definition) is 1. The fraction of sp³-hybridized carbons (Fsp3) is 0. The van der Waals surface area contributed by atoms with Crippen LogP contribution >= 0.6 is 0 Å². The second-order valence-electron chi connectivity index (χ2n) is 4.74. The van der Waals surface area contributed by atoms with E-state index in [0.717, 1.165) is 32.3 Å². The van der Waals surface area contributed by atoms with Crippen molar-refractivity contribution >= 4 is 38.3 Å². The van der Waals surface area contributed by atoms with Gasteiger partial charge in [0.2, 0.25) is 0 Å². The topological polar surface area (TPSA) is 37.3 Å². The molecule has 19 heavy (non-hydrogen) atoms. The molecule has 2 bridgehead atoms. The molecule has 0 amide bonds. The van der Waals surface area contributed by atoms with Crippen LogP contribution in [0.5, 0.6) is 0 Å². The first-order chi connectivity index (χ1) is 9.27. The van der Waals surface area contributed by atoms with Gasteiger partial charge in [-0.05, 0) is 33.0 Å². The molecule has 0 aliphatic heterocycles. The third-order valence-corrected chi connectivity index (χ3v) is 3.76. The Morgan fingerprint density at radius 3 is 1.68 bits per heavy atom. The Morgan fingerprint density at radius 2 is 1.21 bits per heavy atom. The largest absolute Gasteiger partial charge is 0.478 e. The first-order valence-electron chi connectivity index (χ1n) is 6.16. The van der Waals surface area contributed by atoms with Gasteiger partial charge in [-0.3, -0.25) is 0 Å². The van der Waals surface area contributed by atoms with E-state index in [1.807, 2.05) is 36.4 Å². The van der Waals surface area contributed by atoms with Gasteiger partial charge >= 0.3 is 5.97 Å². The summed E-state index contributed by atoms with van der Waals surface area (Å²) in [5, 5.41) is 15.6. The number of carbonyl (C=O) groups is 1. The van der Waals surface area contributed by atoms with Gasteiger partial charge in [0.1, 0.15) is 0 Å². The van der Waals surface area contributed by atoms with Gasteiger partial charge in [-0.2, -0.15) is 0 Å². The number of hydrogen-bond donors (Lipinski definition) is 1. The highest BCUT2D eigenvalue weighted by Crippen LogP contribution is 2.39. The zero-order valence-corrected chi connectivity index (χ0v) is 10.1. The Balaban J connectivity index is 2.43. The molecular weight excluding hydrogens is 236 g/mol. The van der Waals surface area contributed by atoms with Crippen molar-refractivity contribution in [2.24, 2.45) is 0 Å². The second-order valence-corrected chi connectivity index (χ2v) is 4.74. The van der Waals surface area contributed by atoms with Gasteiger partial charge in [0, 0.05) is 5.39 Å². The van der Waals surface area contributed by atoms with Crippen LogP contribution in [-0.4, -0.2) is 11.1 Å². The summed E-state index contributed by atoms with van der Waals surface area (Å²) in [5.74, 6) is -0.864. The first kappa shape index (κ1) is 10.3. The smallest absolute Gasteiger partial charge is 0.336 e. The predicted molar refractivity (Wildman–Crippen MR) is 77.1 cm³/mol. The number of aromatic carboxylic acids is 1. The van der Waals surface area contributed by atoms with E-state index in [-0.39, 0.29) is 0 Å². The van der Waals surface area contributed by atoms with Crippen LogP contribution < -0.4 is 0 Å². The Kier molecular flexibility index (Phi) is 1.88. The van der Waals surface area contributed by atoms with E-state index in [1.165, 1.54) is 0 Å². The molecule has 5 rings (SSSR count). The minimum Gasteiger partial charge on any atom is -0.478 e. The van der Waals surface area contributed by atoms with Crippen molar-refractivity contribution < 1.29 is 9.90 Å². The maximum absolute atomic E-state index is 11.5. The zero-order valence-electron chi connectivity index (χ0n) is 10.1. The van der Waals surface area contributed by atoms with E-state index in [9.17, 15) is 9.90 Å². The summed E-state index contributed by atoms with van der Waals surface area (Å²) in [5.41, 5.74) is 0.396. The number of benzene rings is 5. The summed E-state index contributed by atoms with van der Waals surface area (Å²) in [7, 11) is 0. The lowest BCUT2D eigenvalue weighted by atomic mass is 9.88. The third-order valence-electron chi connectivity index (χ3n) is 3.76. The average Bonchev–Trinajstić information content (AvgIpc) is 2.47. The Hall–Kier alpha value is -2.61. The highest BCUT2D eigenvalue weighted by molar-refractivity contribution is 6.31. The van der Waals surface area contributed by atoms with Crippen molar-refractivity contribution in [1.29, 1.82) is 0 Å². The molecule has 0 saturated carbocycles. The van der Waals surface area contributed by atoms with Gasteiger partial charge in [-0.15, -0.1) is 0 Å². The standard InChI is InChI=1S/C17H10O2/c18-17(19)15-9-14-10-5-1-3-7-12(10)16(15)13-8-4-2-6-11(13)14/h1-9H,(H,18,19). The van der Waals surface area contributed by atoms with Crippen LogP contribution in [-0.2, 0) is 0 Å². The predicted octanol–water partition coefficient (Wildman–Crippen LogP) is 4.28. The fourth-order valence-corrected chi connectivity index (χ4v) is 2.99. The number of carboxylic acids is 1. The van der Waals surface area contributed by atoms with Crippen LogP contribution in [0.25, 0.3) is 32.3 Å². The summed E-state index contributed by atoms with van der Waals surface area (Å²) in [6.45, 7) is 0. The van der Waals surface area contributed by atoms with Gasteiger partial charge in [0.25, 0.3) is 0 Å². The van der Waals surface area contributed by atoms with Crippen molar-refractivity contribution in [3.8, 4) is 0 Å². The number of rotatable bonds is 1. The van der Waals surface area contributed by atoms with Crippen LogP contribution in [0.1, 0.15) is 10.4 Å². The van der Waals surface area contributed by atoms with Gasteiger partial charge in [-0.25, -0.2) is 4.79 Å². The van der Waals surface area contributed by atoms with Gasteiger partial charge in [-0.1, -0.05) is 48.5 Å². The number of carboxylic acid groups (broad SMARTS) is 1. The lowest BCUT2D eigenvalue weighted by Crippen LogP contribution is -2.00. The van der Waals surface area contributed by atoms with Gasteiger partial charge < -0.3 is 5.11 Å². The van der Waals surface area contributed by atoms with Crippen LogP contribution in [0.4, 0.5) is 0 Å². The molecule has 1 N–H and O–H groups in total. The molecular formula is C17H10O2. The molecule has 5 aromatic rings. The molecule has 2 nitrogen and oxygen atoms in total. The highest BCUT2D eigenvalue weighted by Gasteiger charge is 2.18. The van der Waals surface area contributed by atoms with Gasteiger partial charge in [0.05, 0.1) is 5.56 Å². The zero-order chi connectivity index (χ0) is 13.0. The van der Waals surface area contributed by atoms with E-state index in [4.69, 9.17) is 0 Å². The molecule has 0 spiro atoms. The molecule has 0 radical (unpaired) electrons. The van der Waals surface area contributed by atoms with Crippen LogP contribution in [0.15, 0.2) is 54.6 Å². The van der Waals surface area contributed by atoms with Crippen molar-refractivity contribution in [2.45, 2.75) is 0 Å². The van der Waals surface area contributed by atoms with E-state index in [1.54, 1.807) is 6.07 Å². The normalized spacial score (nSPS) is 11.6. The fourth-order valence-electron chi connectivity index (χ4n) is 2.99. The molecule has 0 fully saturated rings. The molecule has 0 aromatic heterocycles. The monoisotopic (exact) mass is 246 g/mol. The quantitative estimate of drug-likeness (QED) is 0.509.